The molecule has 3 radical (unpaired) electrons. The van der Waals surface area contributed by atoms with Crippen LogP contribution in [0.1, 0.15) is 60.3 Å². The Morgan fingerprint density at radius 1 is 1.07 bits per heavy atom. The smallest absolute Gasteiger partial charge is 0.425 e. The maximum absolute atomic E-state index is 9.70. The van der Waals surface area contributed by atoms with Crippen LogP contribution in [0.3, 0.4) is 0 Å². The Hall–Kier alpha value is 4.03. The topological polar surface area (TPSA) is 54.4 Å². The van der Waals surface area contributed by atoms with Crippen molar-refractivity contribution in [3.8, 4) is 0 Å². The van der Waals surface area contributed by atoms with Gasteiger partial charge in [0, 0.05) is 103 Å². The molecule has 0 rings (SSSR count). The number of halogens is 1. The van der Waals surface area contributed by atoms with Crippen molar-refractivity contribution in [2.45, 2.75) is 66.4 Å². The van der Waals surface area contributed by atoms with E-state index in [-0.39, 0.29) is 148 Å². The van der Waals surface area contributed by atoms with Gasteiger partial charge in [0.25, 0.3) is 0 Å². The minimum Gasteiger partial charge on any atom is -0.425 e. The summed E-state index contributed by atoms with van der Waals surface area (Å²) in [4.78, 5) is 18.4. The maximum Gasteiger partial charge on any atom is 1.00 e. The molecule has 149 valence electrons. The van der Waals surface area contributed by atoms with Gasteiger partial charge in [0.15, 0.2) is 0 Å². The first-order valence-corrected chi connectivity index (χ1v) is 8.55. The van der Waals surface area contributed by atoms with Gasteiger partial charge in [-0.25, -0.2) is 0 Å². The number of rotatable bonds is 3. The van der Waals surface area contributed by atoms with E-state index in [1.807, 2.05) is 13.8 Å². The number of carbonyl (C=O) groups is 2. The summed E-state index contributed by atoms with van der Waals surface area (Å²) >= 11 is 3.15. The van der Waals surface area contributed by atoms with Crippen LogP contribution in [0.25, 0.3) is 0 Å². The Morgan fingerprint density at radius 2 is 1.19 bits per heavy atom. The van der Waals surface area contributed by atoms with Crippen LogP contribution in [0.15, 0.2) is 0 Å². The SMILES string of the molecule is CCBr.[CH2-]C.[CH2-]C(=O)CC.[CH2-]C(O)CC.[CH2-]C=O.[CH2-]CCC.[Li+].[Li+].[Y].[Y].[Y]. The van der Waals surface area contributed by atoms with Crippen molar-refractivity contribution in [1.29, 1.82) is 0 Å². The summed E-state index contributed by atoms with van der Waals surface area (Å²) < 4.78 is 0. The standard InChI is InChI=1S/C4H9O.C4H7O.C4H9.C2H5Br.C2H3O.C2H5.2Li.3Y/c2*1-3-4(2)5;1-3-4-2;2*1-2-3;1-2;;;;;/h4-5H,2-3H2,1H3;2-3H2,1H3;1,3-4H2,2H3;2H2,1H3;2H,1H2;1H2,2H3;;;;;/q3*-1;;2*-1;2*+1;;;. The van der Waals surface area contributed by atoms with E-state index in [9.17, 15) is 4.79 Å². The number of carbonyl (C=O) groups excluding carboxylic acids is 2. The Kier molecular flexibility index (Phi) is 254. The number of aldehydes is 1. The molecule has 1 unspecified atom stereocenters. The molecular weight excluding hydrogens is 625 g/mol. The van der Waals surface area contributed by atoms with Crippen LogP contribution in [0.4, 0.5) is 0 Å². The van der Waals surface area contributed by atoms with E-state index in [1.165, 1.54) is 6.42 Å². The third kappa shape index (κ3) is 289. The molecule has 9 heteroatoms. The molecule has 0 aromatic rings. The first-order valence-electron chi connectivity index (χ1n) is 7.43. The average Bonchev–Trinajstić information content (AvgIpc) is 2.51. The Balaban J connectivity index is -0.0000000125. The quantitative estimate of drug-likeness (QED) is 0.188. The van der Waals surface area contributed by atoms with Gasteiger partial charge in [-0.15, -0.1) is 0 Å². The molecule has 0 aliphatic carbocycles. The van der Waals surface area contributed by atoms with Crippen molar-refractivity contribution in [3.63, 3.8) is 0 Å². The molecule has 27 heavy (non-hydrogen) atoms. The molecule has 0 heterocycles. The number of unbranched alkanes of at least 4 members (excludes halogenated alkanes) is 1. The summed E-state index contributed by atoms with van der Waals surface area (Å²) in [7, 11) is 0. The molecule has 0 saturated carbocycles. The van der Waals surface area contributed by atoms with Gasteiger partial charge in [0.1, 0.15) is 0 Å². The minimum atomic E-state index is -0.366. The number of aliphatic hydroxyl groups is 1. The molecule has 0 aromatic carbocycles. The molecule has 0 spiro atoms. The molecule has 3 nitrogen and oxygen atoms in total. The second-order valence-corrected chi connectivity index (χ2v) is 4.36. The van der Waals surface area contributed by atoms with E-state index in [2.05, 4.69) is 57.5 Å². The van der Waals surface area contributed by atoms with E-state index in [0.717, 1.165) is 18.2 Å². The Bertz CT molecular complexity index is 171. The van der Waals surface area contributed by atoms with Crippen LogP contribution < -0.4 is 37.7 Å². The van der Waals surface area contributed by atoms with Crippen LogP contribution in [0.2, 0.25) is 0 Å². The molecule has 1 atom stereocenters. The van der Waals surface area contributed by atoms with Gasteiger partial charge in [-0.05, 0) is 18.5 Å². The zero-order valence-electron chi connectivity index (χ0n) is 19.1. The number of ketones is 1. The van der Waals surface area contributed by atoms with Gasteiger partial charge in [0.05, 0.1) is 0 Å². The second kappa shape index (κ2) is 98.5. The molecule has 0 amide bonds. The Morgan fingerprint density at radius 3 is 1.19 bits per heavy atom. The fourth-order valence-electron chi connectivity index (χ4n) is 0. The summed E-state index contributed by atoms with van der Waals surface area (Å²) in [5, 5.41) is 9.31. The van der Waals surface area contributed by atoms with Crippen molar-refractivity contribution in [3.05, 3.63) is 34.6 Å². The molecule has 0 bridgehead atoms. The third-order valence-electron chi connectivity index (χ3n) is 1.22. The van der Waals surface area contributed by atoms with Crippen LogP contribution in [0, 0.1) is 34.6 Å². The van der Waals surface area contributed by atoms with Gasteiger partial charge >= 0.3 is 37.7 Å². The monoisotopic (exact) mass is 662 g/mol. The predicted molar refractivity (Wildman–Crippen MR) is 104 cm³/mol. The largest absolute Gasteiger partial charge is 1.00 e. The molecule has 0 aliphatic rings. The molecular formula is C18H38BrLi2O3Y3-3. The summed E-state index contributed by atoms with van der Waals surface area (Å²) in [5.74, 6) is 0.00463. The van der Waals surface area contributed by atoms with Crippen LogP contribution >= 0.6 is 15.9 Å². The van der Waals surface area contributed by atoms with Gasteiger partial charge in [-0.2, -0.15) is 13.3 Å². The van der Waals surface area contributed by atoms with Crippen molar-refractivity contribution < 1.29 is 151 Å². The van der Waals surface area contributed by atoms with Crippen LogP contribution in [0.5, 0.6) is 0 Å². The number of Topliss-reactive ketones (excluding diaryl/α,β-unsaturated/α-hetero) is 1. The minimum absolute atomic E-state index is 0. The molecule has 0 saturated heterocycles. The van der Waals surface area contributed by atoms with Gasteiger partial charge in [0.2, 0.25) is 0 Å². The Labute approximate surface area is 280 Å². The number of hydrogen-bond acceptors (Lipinski definition) is 3. The van der Waals surface area contributed by atoms with Crippen molar-refractivity contribution in [2.24, 2.45) is 0 Å². The van der Waals surface area contributed by atoms with Crippen molar-refractivity contribution >= 4 is 28.0 Å². The van der Waals surface area contributed by atoms with E-state index >= 15 is 0 Å². The van der Waals surface area contributed by atoms with E-state index in [4.69, 9.17) is 9.90 Å². The molecule has 1 N–H and O–H groups in total. The summed E-state index contributed by atoms with van der Waals surface area (Å²) in [6.45, 7) is 25.7. The normalized spacial score (nSPS) is 6.59. The average molecular weight is 663 g/mol. The van der Waals surface area contributed by atoms with Gasteiger partial charge in [-0.1, -0.05) is 62.6 Å². The van der Waals surface area contributed by atoms with Crippen LogP contribution in [-0.2, 0) is 108 Å². The van der Waals surface area contributed by atoms with E-state index in [1.54, 1.807) is 13.8 Å². The molecule has 0 aromatic heterocycles. The summed E-state index contributed by atoms with van der Waals surface area (Å²) in [5.41, 5.74) is 0. The zero-order valence-corrected chi connectivity index (χ0v) is 29.2. The fraction of sp³-hybridized carbons (Fsp3) is 0.611. The number of aliphatic hydroxyl groups excluding tert-OH is 1. The van der Waals surface area contributed by atoms with Crippen molar-refractivity contribution in [1.82, 2.24) is 0 Å². The third-order valence-corrected chi connectivity index (χ3v) is 1.22. The predicted octanol–water partition coefficient (Wildman–Crippen LogP) is -0.727. The zero-order chi connectivity index (χ0) is 19.4. The van der Waals surface area contributed by atoms with E-state index in [0.29, 0.717) is 12.7 Å². The summed E-state index contributed by atoms with van der Waals surface area (Å²) in [6.07, 6.45) is 3.72. The van der Waals surface area contributed by atoms with E-state index < -0.39 is 0 Å². The first-order chi connectivity index (χ1) is 10.3. The fourth-order valence-corrected chi connectivity index (χ4v) is 0. The second-order valence-electron chi connectivity index (χ2n) is 3.24. The van der Waals surface area contributed by atoms with Gasteiger partial charge < -0.3 is 49.3 Å². The molecule has 0 aliphatic heterocycles. The molecule has 0 fully saturated rings. The van der Waals surface area contributed by atoms with Crippen LogP contribution in [-0.4, -0.2) is 28.6 Å². The maximum atomic E-state index is 9.70. The van der Waals surface area contributed by atoms with Crippen molar-refractivity contribution in [2.75, 3.05) is 5.33 Å². The number of hydrogen-bond donors (Lipinski definition) is 1. The number of alkyl halides is 1. The summed E-state index contributed by atoms with van der Waals surface area (Å²) in [6, 6.07) is 0. The first kappa shape index (κ1) is 69.7. The van der Waals surface area contributed by atoms with Gasteiger partial charge in [-0.3, -0.25) is 0 Å².